The Hall–Kier alpha value is -14.6. The number of amides is 4. The fourth-order valence-corrected chi connectivity index (χ4v) is 12.7. The highest BCUT2D eigenvalue weighted by Gasteiger charge is 2.24. The lowest BCUT2D eigenvalue weighted by Crippen LogP contribution is -2.23. The molecule has 4 amide bonds. The van der Waals surface area contributed by atoms with Crippen molar-refractivity contribution in [2.24, 2.45) is 20.4 Å². The minimum absolute atomic E-state index is 0.00803. The number of hydrogen-bond donors (Lipinski definition) is 14. The Labute approximate surface area is 707 Å². The maximum absolute atomic E-state index is 13.1. The molecule has 0 unspecified atom stereocenters. The van der Waals surface area contributed by atoms with Gasteiger partial charge >= 0.3 is 5.97 Å². The van der Waals surface area contributed by atoms with Crippen molar-refractivity contribution in [2.75, 3.05) is 7.11 Å². The van der Waals surface area contributed by atoms with Crippen molar-refractivity contribution in [3.63, 3.8) is 0 Å². The number of aromatic nitrogens is 8. The molecule has 12 aromatic rings. The monoisotopic (exact) mass is 1760 g/mol. The Morgan fingerprint density at radius 2 is 0.661 bits per heavy atom. The van der Waals surface area contributed by atoms with E-state index in [1.165, 1.54) is 92.1 Å². The first-order valence-electron chi connectivity index (χ1n) is 37.4. The second kappa shape index (κ2) is 38.2. The van der Waals surface area contributed by atoms with Gasteiger partial charge in [0.2, 0.25) is 0 Å². The highest BCUT2D eigenvalue weighted by molar-refractivity contribution is 14.1. The van der Waals surface area contributed by atoms with Gasteiger partial charge in [0.05, 0.1) is 86.1 Å². The summed E-state index contributed by atoms with van der Waals surface area (Å²) in [6, 6.07) is 45.3. The standard InChI is InChI=1S/C25H28N4O4.C23H26N4O4.C21H22N4O4.C19H17IN4O4/c1-15(26-27-22(30)17-7-9-18(10-8-17)24(32)33-6)21-16(2)28-29(23(21)31)20-13-11-19(12-14-20)25(3,4)5;1-13(24-25-21(30)15-10-18(28)12-19(29)11-15)20-14(2)26-27(22(20)31)17-8-6-16(7-9-17)23(3,4)5;1-11-5-6-16(7-12(11)2)25-21(29)19(14(4)24-25)13(3)22-23-20(28)15-8-17(26)10-18(27)9-15;1-10(21-22-18(27)15-8-7-14(25)9-16(15)26)17-11(2)23-24(19(17)28)13-5-3-12(20)4-6-13/h7-14,28H,1-6H3,(H,27,30);6-12,26,28-29H,1-5H3,(H,25,30);5-10,24,26-27H,1-4H3,(H,23,28);3-9,23,25-26H,1-2H3,(H,22,27). The zero-order valence-electron chi connectivity index (χ0n) is 69.4. The molecule has 0 radical (unpaired) electrons. The van der Waals surface area contributed by atoms with Gasteiger partial charge in [0, 0.05) is 61.2 Å². The van der Waals surface area contributed by atoms with Gasteiger partial charge in [-0.3, -0.25) is 58.8 Å². The molecule has 12 rings (SSSR count). The Morgan fingerprint density at radius 1 is 0.355 bits per heavy atom. The van der Waals surface area contributed by atoms with Crippen molar-refractivity contribution in [2.45, 2.75) is 122 Å². The molecular weight excluding hydrogens is 1660 g/mol. The van der Waals surface area contributed by atoms with Gasteiger partial charge in [0.15, 0.2) is 0 Å². The van der Waals surface area contributed by atoms with Crippen LogP contribution in [0.5, 0.6) is 34.5 Å². The van der Waals surface area contributed by atoms with Gasteiger partial charge in [0.1, 0.15) is 34.5 Å². The summed E-state index contributed by atoms with van der Waals surface area (Å²) >= 11 is 2.18. The van der Waals surface area contributed by atoms with Gasteiger partial charge < -0.3 is 35.4 Å². The summed E-state index contributed by atoms with van der Waals surface area (Å²) in [7, 11) is 1.29. The molecule has 0 spiro atoms. The van der Waals surface area contributed by atoms with Crippen LogP contribution in [0.3, 0.4) is 0 Å². The number of nitrogens with one attached hydrogen (secondary N) is 8. The zero-order valence-corrected chi connectivity index (χ0v) is 71.5. The molecule has 4 aromatic heterocycles. The number of aromatic hydroxyl groups is 6. The number of benzene rings is 8. The molecule has 0 atom stereocenters. The van der Waals surface area contributed by atoms with Crippen LogP contribution in [0, 0.1) is 45.1 Å². The Kier molecular flexibility index (Phi) is 28.5. The number of rotatable bonds is 17. The molecule has 0 aliphatic carbocycles. The second-order valence-electron chi connectivity index (χ2n) is 30.1. The molecule has 0 aliphatic heterocycles. The van der Waals surface area contributed by atoms with E-state index in [1.54, 1.807) is 55.4 Å². The molecule has 121 heavy (non-hydrogen) atoms. The number of esters is 1. The van der Waals surface area contributed by atoms with Gasteiger partial charge in [0.25, 0.3) is 45.9 Å². The summed E-state index contributed by atoms with van der Waals surface area (Å²) in [4.78, 5) is 112. The van der Waals surface area contributed by atoms with E-state index >= 15 is 0 Å². The summed E-state index contributed by atoms with van der Waals surface area (Å²) in [5.41, 5.74) is 21.6. The number of carbonyl (C=O) groups excluding carboxylic acids is 5. The number of nitrogens with zero attached hydrogens (tertiary/aromatic N) is 8. The SMILES string of the molecule is CC(=NNC(=O)c1cc(O)cc(O)c1)c1c(C)[nH]n(-c2ccc(C(C)(C)C)cc2)c1=O.CC(=NNC(=O)c1cc(O)cc(O)c1)c1c(C)[nH]n(-c2ccc(C)c(C)c2)c1=O.CC(=NNC(=O)c1ccc(O)cc1O)c1c(C)[nH]n(-c2ccc(I)cc2)c1=O.COC(=O)c1ccc(C(=O)NN=C(C)c2c(C)[nH]n(-c3ccc(C(C)(C)C)cc3)c2=O)cc1. The lowest BCUT2D eigenvalue weighted by atomic mass is 9.87. The van der Waals surface area contributed by atoms with Gasteiger partial charge in [-0.2, -0.15) is 20.4 Å². The summed E-state index contributed by atoms with van der Waals surface area (Å²) < 4.78 is 11.4. The molecule has 0 fully saturated rings. The molecule has 33 heteroatoms. The van der Waals surface area contributed by atoms with Crippen LogP contribution in [0.1, 0.15) is 188 Å². The number of phenolic OH excluding ortho intramolecular Hbond substituents is 6. The topological polar surface area (TPSA) is 465 Å². The van der Waals surface area contributed by atoms with Crippen LogP contribution in [-0.2, 0) is 15.6 Å². The number of methoxy groups -OCH3 is 1. The fourth-order valence-electron chi connectivity index (χ4n) is 12.3. The normalized spacial score (nSPS) is 11.8. The maximum atomic E-state index is 13.1. The van der Waals surface area contributed by atoms with Crippen molar-refractivity contribution in [3.05, 3.63) is 310 Å². The number of carbonyl (C=O) groups is 5. The molecule has 0 bridgehead atoms. The number of hydrogen-bond acceptors (Lipinski definition) is 20. The summed E-state index contributed by atoms with van der Waals surface area (Å²) in [6.45, 7) is 30.3. The third-order valence-electron chi connectivity index (χ3n) is 19.0. The Morgan fingerprint density at radius 3 is 0.983 bits per heavy atom. The van der Waals surface area contributed by atoms with E-state index in [2.05, 4.69) is 131 Å². The number of hydrazone groups is 4. The lowest BCUT2D eigenvalue weighted by molar-refractivity contribution is 0.0599. The van der Waals surface area contributed by atoms with E-state index in [0.717, 1.165) is 38.5 Å². The molecular formula is C88H93IN16O16. The van der Waals surface area contributed by atoms with Gasteiger partial charge in [-0.05, 0) is 246 Å². The van der Waals surface area contributed by atoms with Crippen LogP contribution in [-0.4, -0.2) is 129 Å². The molecule has 32 nitrogen and oxygen atoms in total. The van der Waals surface area contributed by atoms with Gasteiger partial charge in [-0.15, -0.1) is 0 Å². The van der Waals surface area contributed by atoms with Crippen LogP contribution in [0.15, 0.2) is 209 Å². The average Bonchev–Trinajstić information content (AvgIpc) is 1.66. The van der Waals surface area contributed by atoms with E-state index in [1.807, 2.05) is 105 Å². The van der Waals surface area contributed by atoms with Crippen molar-refractivity contribution in [3.8, 4) is 57.2 Å². The highest BCUT2D eigenvalue weighted by atomic mass is 127. The zero-order chi connectivity index (χ0) is 89.0. The van der Waals surface area contributed by atoms with Crippen LogP contribution < -0.4 is 43.9 Å². The fraction of sp³-hybridized carbons (Fsp3) is 0.216. The molecule has 0 aliphatic rings. The van der Waals surface area contributed by atoms with Crippen molar-refractivity contribution in [1.82, 2.24) is 60.8 Å². The predicted molar refractivity (Wildman–Crippen MR) is 470 cm³/mol. The van der Waals surface area contributed by atoms with E-state index < -0.39 is 29.6 Å². The lowest BCUT2D eigenvalue weighted by Gasteiger charge is -2.19. The minimum atomic E-state index is -0.664. The van der Waals surface area contributed by atoms with E-state index in [4.69, 9.17) is 0 Å². The van der Waals surface area contributed by atoms with E-state index in [-0.39, 0.29) is 84.3 Å². The second-order valence-corrected chi connectivity index (χ2v) is 31.4. The first kappa shape index (κ1) is 90.3. The molecule has 0 saturated carbocycles. The largest absolute Gasteiger partial charge is 0.508 e. The van der Waals surface area contributed by atoms with E-state index in [0.29, 0.717) is 102 Å². The molecule has 4 heterocycles. The maximum Gasteiger partial charge on any atom is 0.337 e. The smallest absolute Gasteiger partial charge is 0.337 e. The third kappa shape index (κ3) is 22.2. The van der Waals surface area contributed by atoms with Gasteiger partial charge in [-0.25, -0.2) is 45.2 Å². The van der Waals surface area contributed by atoms with Gasteiger partial charge in [-0.1, -0.05) is 71.9 Å². The van der Waals surface area contributed by atoms with Crippen LogP contribution in [0.2, 0.25) is 0 Å². The molecule has 14 N–H and O–H groups in total. The number of H-pyrrole nitrogens is 4. The Bertz CT molecular complexity index is 6270. The first-order valence-corrected chi connectivity index (χ1v) is 38.5. The number of halogens is 1. The number of aryl methyl sites for hydroxylation is 6. The summed E-state index contributed by atoms with van der Waals surface area (Å²) in [5.74, 6) is -4.36. The van der Waals surface area contributed by atoms with E-state index in [9.17, 15) is 73.8 Å². The summed E-state index contributed by atoms with van der Waals surface area (Å²) in [6.07, 6.45) is 0. The molecule has 628 valence electrons. The average molecular weight is 1760 g/mol. The van der Waals surface area contributed by atoms with Crippen LogP contribution >= 0.6 is 22.6 Å². The van der Waals surface area contributed by atoms with Crippen LogP contribution in [0.25, 0.3) is 22.7 Å². The summed E-state index contributed by atoms with van der Waals surface area (Å²) in [5, 5.41) is 85.4. The third-order valence-corrected chi connectivity index (χ3v) is 19.7. The van der Waals surface area contributed by atoms with Crippen molar-refractivity contribution < 1.29 is 59.3 Å². The predicted octanol–water partition coefficient (Wildman–Crippen LogP) is 12.3. The van der Waals surface area contributed by atoms with Crippen LogP contribution in [0.4, 0.5) is 0 Å². The van der Waals surface area contributed by atoms with Crippen molar-refractivity contribution >= 4 is 75.0 Å². The number of aromatic amines is 4. The molecule has 8 aromatic carbocycles. The number of phenols is 6. The molecule has 0 saturated heterocycles. The quantitative estimate of drug-likeness (QED) is 0.0174. The first-order chi connectivity index (χ1) is 56.9. The Balaban J connectivity index is 0.000000184. The van der Waals surface area contributed by atoms with Crippen molar-refractivity contribution in [1.29, 1.82) is 0 Å². The minimum Gasteiger partial charge on any atom is -0.508 e. The number of ether oxygens (including phenoxy) is 1. The highest BCUT2D eigenvalue weighted by Crippen LogP contribution is 2.28.